The summed E-state index contributed by atoms with van der Waals surface area (Å²) in [5, 5.41) is 7.47. The molecule has 4 rings (SSSR count). The van der Waals surface area contributed by atoms with Crippen LogP contribution in [0.5, 0.6) is 0 Å². The predicted octanol–water partition coefficient (Wildman–Crippen LogP) is 2.52. The van der Waals surface area contributed by atoms with Gasteiger partial charge in [-0.1, -0.05) is 11.6 Å². The van der Waals surface area contributed by atoms with Crippen molar-refractivity contribution in [2.24, 2.45) is 0 Å². The molecule has 1 atom stereocenters. The maximum absolute atomic E-state index is 13.0. The smallest absolute Gasteiger partial charge is 0.322 e. The van der Waals surface area contributed by atoms with Crippen molar-refractivity contribution in [2.45, 2.75) is 24.8 Å². The van der Waals surface area contributed by atoms with Gasteiger partial charge in [-0.05, 0) is 42.8 Å². The molecule has 134 valence electrons. The number of aryl methyl sites for hydroxylation is 1. The molecule has 3 heterocycles. The minimum Gasteiger partial charge on any atom is -0.322 e. The van der Waals surface area contributed by atoms with Gasteiger partial charge in [0.25, 0.3) is 5.91 Å². The zero-order chi connectivity index (χ0) is 18.3. The fourth-order valence-electron chi connectivity index (χ4n) is 3.50. The molecule has 1 aliphatic heterocycles. The van der Waals surface area contributed by atoms with Gasteiger partial charge in [0.05, 0.1) is 5.69 Å². The Morgan fingerprint density at radius 3 is 3.08 bits per heavy atom. The van der Waals surface area contributed by atoms with Gasteiger partial charge in [-0.3, -0.25) is 14.5 Å². The van der Waals surface area contributed by atoms with E-state index in [-0.39, 0.29) is 17.6 Å². The number of anilines is 1. The first-order valence-electron chi connectivity index (χ1n) is 8.12. The summed E-state index contributed by atoms with van der Waals surface area (Å²) in [5.41, 5.74) is 0.140. The van der Waals surface area contributed by atoms with Crippen LogP contribution in [0.15, 0.2) is 29.8 Å². The van der Waals surface area contributed by atoms with Crippen molar-refractivity contribution < 1.29 is 14.4 Å². The largest absolute Gasteiger partial charge is 0.325 e. The monoisotopic (exact) mass is 390 g/mol. The number of pyridine rings is 1. The molecule has 2 aromatic rings. The molecule has 2 aliphatic rings. The summed E-state index contributed by atoms with van der Waals surface area (Å²) in [6.07, 6.45) is 3.75. The minimum atomic E-state index is -1.04. The zero-order valence-electron chi connectivity index (χ0n) is 13.6. The lowest BCUT2D eigenvalue weighted by Crippen LogP contribution is -2.46. The number of aromatic nitrogens is 1. The van der Waals surface area contributed by atoms with Crippen LogP contribution in [-0.2, 0) is 21.5 Å². The van der Waals surface area contributed by atoms with E-state index in [1.165, 1.54) is 6.20 Å². The zero-order valence-corrected chi connectivity index (χ0v) is 15.2. The molecule has 0 aromatic carbocycles. The van der Waals surface area contributed by atoms with E-state index in [4.69, 9.17) is 11.6 Å². The molecule has 2 N–H and O–H groups in total. The molecule has 9 heteroatoms. The maximum Gasteiger partial charge on any atom is 0.325 e. The van der Waals surface area contributed by atoms with Gasteiger partial charge < -0.3 is 10.6 Å². The molecule has 1 aliphatic carbocycles. The summed E-state index contributed by atoms with van der Waals surface area (Å²) in [6, 6.07) is 4.56. The van der Waals surface area contributed by atoms with Crippen molar-refractivity contribution >= 4 is 46.5 Å². The molecule has 26 heavy (non-hydrogen) atoms. The second-order valence-corrected chi connectivity index (χ2v) is 7.59. The third kappa shape index (κ3) is 2.65. The molecule has 1 fully saturated rings. The summed E-state index contributed by atoms with van der Waals surface area (Å²) in [4.78, 5) is 43.7. The molecule has 4 amide bonds. The Morgan fingerprint density at radius 2 is 2.27 bits per heavy atom. The highest BCUT2D eigenvalue weighted by atomic mass is 35.5. The lowest BCUT2D eigenvalue weighted by atomic mass is 9.80. The first kappa shape index (κ1) is 17.0. The highest BCUT2D eigenvalue weighted by Crippen LogP contribution is 2.42. The van der Waals surface area contributed by atoms with Crippen LogP contribution in [0.4, 0.5) is 10.5 Å². The van der Waals surface area contributed by atoms with Crippen LogP contribution in [0.1, 0.15) is 23.3 Å². The number of imide groups is 1. The number of halogens is 1. The Kier molecular flexibility index (Phi) is 4.16. The van der Waals surface area contributed by atoms with Crippen LogP contribution < -0.4 is 10.6 Å². The standard InChI is InChI=1S/C17H15ClN4O3S/c18-14-11(3-2-7-19-14)20-13(23)9-22-15(24)17(21-16(22)25)6-1-4-12-10(17)5-8-26-12/h2-3,5,7-8H,1,4,6,9H2,(H,20,23)(H,21,25). The predicted molar refractivity (Wildman–Crippen MR) is 97.1 cm³/mol. The van der Waals surface area contributed by atoms with E-state index in [0.29, 0.717) is 12.1 Å². The van der Waals surface area contributed by atoms with Crippen LogP contribution in [0.3, 0.4) is 0 Å². The third-order valence-electron chi connectivity index (χ3n) is 4.67. The van der Waals surface area contributed by atoms with Gasteiger partial charge in [0.15, 0.2) is 5.15 Å². The SMILES string of the molecule is O=C(CN1C(=O)NC2(CCCc3sccc32)C1=O)Nc1cccnc1Cl. The summed E-state index contributed by atoms with van der Waals surface area (Å²) < 4.78 is 0. The molecule has 1 spiro atoms. The molecule has 7 nitrogen and oxygen atoms in total. The van der Waals surface area contributed by atoms with E-state index in [0.717, 1.165) is 28.2 Å². The molecule has 0 bridgehead atoms. The van der Waals surface area contributed by atoms with Crippen LogP contribution in [-0.4, -0.2) is 34.3 Å². The maximum atomic E-state index is 13.0. The molecule has 1 unspecified atom stereocenters. The van der Waals surface area contributed by atoms with Gasteiger partial charge in [0.2, 0.25) is 5.91 Å². The average Bonchev–Trinajstić information content (AvgIpc) is 3.18. The molecule has 2 aromatic heterocycles. The van der Waals surface area contributed by atoms with E-state index in [2.05, 4.69) is 15.6 Å². The molecular formula is C17H15ClN4O3S. The van der Waals surface area contributed by atoms with Gasteiger partial charge in [0.1, 0.15) is 12.1 Å². The van der Waals surface area contributed by atoms with Crippen LogP contribution in [0.25, 0.3) is 0 Å². The third-order valence-corrected chi connectivity index (χ3v) is 5.95. The van der Waals surface area contributed by atoms with E-state index in [9.17, 15) is 14.4 Å². The number of carbonyl (C=O) groups excluding carboxylic acids is 3. The van der Waals surface area contributed by atoms with Crippen LogP contribution in [0, 0.1) is 0 Å². The van der Waals surface area contributed by atoms with Crippen LogP contribution in [0.2, 0.25) is 5.15 Å². The number of amides is 4. The van der Waals surface area contributed by atoms with Gasteiger partial charge >= 0.3 is 6.03 Å². The summed E-state index contributed by atoms with van der Waals surface area (Å²) >= 11 is 7.50. The van der Waals surface area contributed by atoms with Gasteiger partial charge in [0, 0.05) is 16.6 Å². The first-order chi connectivity index (χ1) is 12.5. The topological polar surface area (TPSA) is 91.4 Å². The van der Waals surface area contributed by atoms with Crippen LogP contribution >= 0.6 is 22.9 Å². The number of fused-ring (bicyclic) bond motifs is 2. The van der Waals surface area contributed by atoms with E-state index in [1.807, 2.05) is 11.4 Å². The van der Waals surface area contributed by atoms with Gasteiger partial charge in [-0.15, -0.1) is 11.3 Å². The Morgan fingerprint density at radius 1 is 1.42 bits per heavy atom. The van der Waals surface area contributed by atoms with E-state index < -0.39 is 17.5 Å². The number of hydrogen-bond acceptors (Lipinski definition) is 5. The number of urea groups is 1. The van der Waals surface area contributed by atoms with E-state index >= 15 is 0 Å². The lowest BCUT2D eigenvalue weighted by molar-refractivity contribution is -0.134. The second kappa shape index (κ2) is 6.37. The second-order valence-electron chi connectivity index (χ2n) is 6.23. The van der Waals surface area contributed by atoms with Crippen molar-refractivity contribution in [3.05, 3.63) is 45.4 Å². The van der Waals surface area contributed by atoms with Crippen molar-refractivity contribution in [1.82, 2.24) is 15.2 Å². The Bertz CT molecular complexity index is 915. The number of nitrogens with one attached hydrogen (secondary N) is 2. The molecule has 0 saturated carbocycles. The molecular weight excluding hydrogens is 376 g/mol. The minimum absolute atomic E-state index is 0.143. The van der Waals surface area contributed by atoms with Crippen molar-refractivity contribution in [2.75, 3.05) is 11.9 Å². The van der Waals surface area contributed by atoms with Crippen molar-refractivity contribution in [1.29, 1.82) is 0 Å². The molecule has 0 radical (unpaired) electrons. The van der Waals surface area contributed by atoms with Gasteiger partial charge in [-0.25, -0.2) is 9.78 Å². The summed E-state index contributed by atoms with van der Waals surface area (Å²) in [5.74, 6) is -0.893. The van der Waals surface area contributed by atoms with Crippen molar-refractivity contribution in [3.63, 3.8) is 0 Å². The average molecular weight is 391 g/mol. The summed E-state index contributed by atoms with van der Waals surface area (Å²) in [7, 11) is 0. The Balaban J connectivity index is 1.54. The number of rotatable bonds is 3. The first-order valence-corrected chi connectivity index (χ1v) is 9.38. The summed E-state index contributed by atoms with van der Waals surface area (Å²) in [6.45, 7) is -0.378. The highest BCUT2D eigenvalue weighted by Gasteiger charge is 2.54. The number of hydrogen-bond donors (Lipinski definition) is 2. The normalized spacial score (nSPS) is 21.7. The number of thiophene rings is 1. The highest BCUT2D eigenvalue weighted by molar-refractivity contribution is 7.10. The van der Waals surface area contributed by atoms with E-state index in [1.54, 1.807) is 23.5 Å². The fourth-order valence-corrected chi connectivity index (χ4v) is 4.66. The Hall–Kier alpha value is -2.45. The lowest BCUT2D eigenvalue weighted by Gasteiger charge is -2.31. The van der Waals surface area contributed by atoms with Crippen molar-refractivity contribution in [3.8, 4) is 0 Å². The molecule has 1 saturated heterocycles. The number of carbonyl (C=O) groups is 3. The quantitative estimate of drug-likeness (QED) is 0.622. The Labute approximate surface area is 158 Å². The fraction of sp³-hybridized carbons (Fsp3) is 0.294. The van der Waals surface area contributed by atoms with Gasteiger partial charge in [-0.2, -0.15) is 0 Å². The number of nitrogens with zero attached hydrogens (tertiary/aromatic N) is 2.